The molecule has 136 valence electrons. The lowest BCUT2D eigenvalue weighted by molar-refractivity contribution is -0.272. The van der Waals surface area contributed by atoms with Crippen molar-refractivity contribution in [3.05, 3.63) is 46.2 Å². The summed E-state index contributed by atoms with van der Waals surface area (Å²) in [6, 6.07) is 9.78. The van der Waals surface area contributed by atoms with Crippen molar-refractivity contribution in [2.45, 2.75) is 25.2 Å². The average Bonchev–Trinajstić information content (AvgIpc) is 3.30. The Hall–Kier alpha value is -2.42. The molecule has 2 aromatic heterocycles. The van der Waals surface area contributed by atoms with Crippen molar-refractivity contribution in [1.29, 1.82) is 0 Å². The number of rotatable bonds is 3. The predicted octanol–water partition coefficient (Wildman–Crippen LogP) is 3.83. The Kier molecular flexibility index (Phi) is 4.39. The van der Waals surface area contributed by atoms with Crippen molar-refractivity contribution in [3.63, 3.8) is 0 Å². The molecule has 1 aliphatic heterocycles. The predicted molar refractivity (Wildman–Crippen MR) is 98.3 cm³/mol. The number of hydrogen-bond acceptors (Lipinski definition) is 6. The van der Waals surface area contributed by atoms with Gasteiger partial charge in [-0.2, -0.15) is 0 Å². The fourth-order valence-electron chi connectivity index (χ4n) is 3.05. The number of aromatic nitrogens is 2. The van der Waals surface area contributed by atoms with Crippen LogP contribution >= 0.6 is 11.3 Å². The van der Waals surface area contributed by atoms with Gasteiger partial charge >= 0.3 is 6.09 Å². The minimum atomic E-state index is -0.929. The van der Waals surface area contributed by atoms with Gasteiger partial charge in [0.2, 0.25) is 11.7 Å². The molecule has 1 fully saturated rings. The quantitative estimate of drug-likeness (QED) is 0.729. The van der Waals surface area contributed by atoms with Crippen LogP contribution in [0.5, 0.6) is 0 Å². The van der Waals surface area contributed by atoms with E-state index in [1.165, 1.54) is 7.11 Å². The number of nitrogens with one attached hydrogen (secondary N) is 2. The summed E-state index contributed by atoms with van der Waals surface area (Å²) in [5.74, 6) is -0.603. The van der Waals surface area contributed by atoms with E-state index in [0.717, 1.165) is 27.9 Å². The molecule has 2 N–H and O–H groups in total. The van der Waals surface area contributed by atoms with Gasteiger partial charge in [-0.3, -0.25) is 5.32 Å². The summed E-state index contributed by atoms with van der Waals surface area (Å²) >= 11 is 1.60. The maximum Gasteiger partial charge on any atom is 0.413 e. The summed E-state index contributed by atoms with van der Waals surface area (Å²) in [5.41, 5.74) is 2.38. The molecule has 1 aromatic carbocycles. The lowest BCUT2D eigenvalue weighted by Gasteiger charge is -2.39. The third-order valence-corrected chi connectivity index (χ3v) is 5.26. The third-order valence-electron chi connectivity index (χ3n) is 4.31. The van der Waals surface area contributed by atoms with Crippen molar-refractivity contribution in [2.24, 2.45) is 0 Å². The first-order valence-electron chi connectivity index (χ1n) is 8.32. The van der Waals surface area contributed by atoms with Crippen LogP contribution in [0.25, 0.3) is 11.0 Å². The number of carbonyl (C=O) groups excluding carboxylic acids is 1. The van der Waals surface area contributed by atoms with Crippen molar-refractivity contribution in [2.75, 3.05) is 19.0 Å². The Morgan fingerprint density at radius 3 is 3.08 bits per heavy atom. The van der Waals surface area contributed by atoms with Crippen LogP contribution in [0.15, 0.2) is 35.7 Å². The second-order valence-electron chi connectivity index (χ2n) is 6.09. The molecule has 0 radical (unpaired) electrons. The van der Waals surface area contributed by atoms with Crippen LogP contribution in [-0.2, 0) is 20.0 Å². The van der Waals surface area contributed by atoms with Gasteiger partial charge in [-0.15, -0.1) is 11.3 Å². The van der Waals surface area contributed by atoms with Crippen LogP contribution in [0.1, 0.15) is 23.8 Å². The highest BCUT2D eigenvalue weighted by atomic mass is 32.1. The van der Waals surface area contributed by atoms with Crippen LogP contribution in [0.3, 0.4) is 0 Å². The molecule has 4 rings (SSSR count). The van der Waals surface area contributed by atoms with Crippen molar-refractivity contribution < 1.29 is 19.0 Å². The molecule has 1 saturated heterocycles. The molecule has 0 bridgehead atoms. The number of imidazole rings is 1. The Labute approximate surface area is 154 Å². The molecule has 26 heavy (non-hydrogen) atoms. The zero-order valence-electron chi connectivity index (χ0n) is 14.4. The Bertz CT molecular complexity index is 924. The number of ether oxygens (including phenoxy) is 3. The molecule has 0 saturated carbocycles. The normalized spacial score (nSPS) is 23.1. The molecule has 0 aliphatic carbocycles. The largest absolute Gasteiger partial charge is 0.453 e. The van der Waals surface area contributed by atoms with Crippen LogP contribution < -0.4 is 5.32 Å². The first-order valence-corrected chi connectivity index (χ1v) is 9.19. The van der Waals surface area contributed by atoms with E-state index in [-0.39, 0.29) is 6.10 Å². The maximum absolute atomic E-state index is 11.4. The number of carbonyl (C=O) groups is 1. The second-order valence-corrected chi connectivity index (χ2v) is 7.04. The first-order chi connectivity index (χ1) is 12.6. The van der Waals surface area contributed by atoms with E-state index in [0.29, 0.717) is 12.6 Å². The highest BCUT2D eigenvalue weighted by Crippen LogP contribution is 2.42. The van der Waals surface area contributed by atoms with Crippen molar-refractivity contribution in [3.8, 4) is 0 Å². The van der Waals surface area contributed by atoms with Gasteiger partial charge in [0, 0.05) is 5.56 Å². The molecule has 7 nitrogen and oxygen atoms in total. The lowest BCUT2D eigenvalue weighted by atomic mass is 10.0. The Balaban J connectivity index is 1.76. The minimum absolute atomic E-state index is 0.0832. The smallest absolute Gasteiger partial charge is 0.413 e. The Morgan fingerprint density at radius 2 is 2.35 bits per heavy atom. The molecule has 1 aliphatic rings. The summed E-state index contributed by atoms with van der Waals surface area (Å²) in [4.78, 5) is 19.8. The molecule has 1 amide bonds. The summed E-state index contributed by atoms with van der Waals surface area (Å²) in [5, 5.41) is 4.55. The van der Waals surface area contributed by atoms with Gasteiger partial charge in [-0.25, -0.2) is 9.78 Å². The molecule has 8 heteroatoms. The van der Waals surface area contributed by atoms with Crippen LogP contribution in [0.4, 0.5) is 10.7 Å². The highest BCUT2D eigenvalue weighted by Gasteiger charge is 2.42. The topological polar surface area (TPSA) is 85.5 Å². The van der Waals surface area contributed by atoms with E-state index < -0.39 is 11.9 Å². The van der Waals surface area contributed by atoms with Gasteiger partial charge < -0.3 is 19.2 Å². The molecule has 2 atom stereocenters. The van der Waals surface area contributed by atoms with E-state index in [9.17, 15) is 4.79 Å². The number of aromatic amines is 1. The van der Waals surface area contributed by atoms with Crippen LogP contribution in [0, 0.1) is 0 Å². The Morgan fingerprint density at radius 1 is 1.46 bits per heavy atom. The van der Waals surface area contributed by atoms with Gasteiger partial charge in [-0.1, -0.05) is 12.1 Å². The number of amides is 1. The van der Waals surface area contributed by atoms with Crippen LogP contribution in [-0.4, -0.2) is 35.9 Å². The number of methoxy groups -OCH3 is 1. The van der Waals surface area contributed by atoms with Crippen molar-refractivity contribution >= 4 is 34.4 Å². The molecule has 3 aromatic rings. The maximum atomic E-state index is 11.4. The summed E-state index contributed by atoms with van der Waals surface area (Å²) in [6.45, 7) is 2.67. The number of nitrogens with zero attached hydrogens (tertiary/aromatic N) is 1. The van der Waals surface area contributed by atoms with E-state index in [4.69, 9.17) is 9.47 Å². The molecule has 0 spiro atoms. The number of H-pyrrole nitrogens is 1. The summed E-state index contributed by atoms with van der Waals surface area (Å²) < 4.78 is 17.1. The van der Waals surface area contributed by atoms with E-state index in [1.807, 2.05) is 35.7 Å². The SMILES string of the molecule is COC(=O)Nc1nc2ccc(C3(c4cccs4)OCCC(C)O3)cc2[nH]1. The monoisotopic (exact) mass is 373 g/mol. The average molecular weight is 373 g/mol. The molecular formula is C18H19N3O4S. The van der Waals surface area contributed by atoms with Crippen LogP contribution in [0.2, 0.25) is 0 Å². The highest BCUT2D eigenvalue weighted by molar-refractivity contribution is 7.10. The minimum Gasteiger partial charge on any atom is -0.453 e. The van der Waals surface area contributed by atoms with Gasteiger partial charge in [-0.05, 0) is 36.9 Å². The van der Waals surface area contributed by atoms with E-state index in [1.54, 1.807) is 11.3 Å². The number of anilines is 1. The lowest BCUT2D eigenvalue weighted by Crippen LogP contribution is -2.41. The fourth-order valence-corrected chi connectivity index (χ4v) is 3.90. The van der Waals surface area contributed by atoms with Gasteiger partial charge in [0.05, 0.1) is 35.7 Å². The zero-order valence-corrected chi connectivity index (χ0v) is 15.3. The van der Waals surface area contributed by atoms with Gasteiger partial charge in [0.25, 0.3) is 0 Å². The molecule has 2 unspecified atom stereocenters. The van der Waals surface area contributed by atoms with E-state index in [2.05, 4.69) is 26.9 Å². The first kappa shape index (κ1) is 17.0. The number of benzene rings is 1. The molecule has 3 heterocycles. The number of fused-ring (bicyclic) bond motifs is 1. The standard InChI is InChI=1S/C18H19N3O4S/c1-11-7-8-24-18(25-11,15-4-3-9-26-15)12-5-6-13-14(10-12)20-16(19-13)21-17(22)23-2/h3-6,9-11H,7-8H2,1-2H3,(H2,19,20,21,22). The van der Waals surface area contributed by atoms with Gasteiger partial charge in [0.1, 0.15) is 0 Å². The van der Waals surface area contributed by atoms with E-state index >= 15 is 0 Å². The summed E-state index contributed by atoms with van der Waals surface area (Å²) in [7, 11) is 1.31. The number of thiophene rings is 1. The number of hydrogen-bond donors (Lipinski definition) is 2. The third kappa shape index (κ3) is 2.96. The van der Waals surface area contributed by atoms with Gasteiger partial charge in [0.15, 0.2) is 0 Å². The summed E-state index contributed by atoms with van der Waals surface area (Å²) in [6.07, 6.45) is 0.360. The molecular weight excluding hydrogens is 354 g/mol. The second kappa shape index (κ2) is 6.71. The zero-order chi connectivity index (χ0) is 18.1. The van der Waals surface area contributed by atoms with Crippen molar-refractivity contribution in [1.82, 2.24) is 9.97 Å². The fraction of sp³-hybridized carbons (Fsp3) is 0.333.